The van der Waals surface area contributed by atoms with E-state index < -0.39 is 20.0 Å². The molecule has 5 nitrogen and oxygen atoms in total. The Morgan fingerprint density at radius 3 is 2.19 bits per heavy atom. The van der Waals surface area contributed by atoms with Crippen molar-refractivity contribution in [2.24, 2.45) is 0 Å². The molecule has 1 aromatic rings. The first-order valence-corrected chi connectivity index (χ1v) is 9.60. The van der Waals surface area contributed by atoms with Gasteiger partial charge in [-0.15, -0.1) is 6.42 Å². The lowest BCUT2D eigenvalue weighted by Crippen LogP contribution is -2.13. The van der Waals surface area contributed by atoms with Gasteiger partial charge < -0.3 is 0 Å². The Hall–Kier alpha value is -1.36. The molecule has 0 fully saturated rings. The Labute approximate surface area is 126 Å². The Morgan fingerprint density at radius 1 is 1.05 bits per heavy atom. The molecule has 0 unspecified atom stereocenters. The largest absolute Gasteiger partial charge is 0.268 e. The summed E-state index contributed by atoms with van der Waals surface area (Å²) >= 11 is 0. The van der Waals surface area contributed by atoms with E-state index in [1.54, 1.807) is 24.3 Å². The van der Waals surface area contributed by atoms with Crippen molar-refractivity contribution in [3.63, 3.8) is 0 Å². The van der Waals surface area contributed by atoms with Crippen LogP contribution in [0.2, 0.25) is 0 Å². The lowest BCUT2D eigenvalue weighted by atomic mass is 10.2. The zero-order valence-electron chi connectivity index (χ0n) is 11.8. The van der Waals surface area contributed by atoms with Gasteiger partial charge in [0.05, 0.1) is 16.4 Å². The fourth-order valence-corrected chi connectivity index (χ4v) is 3.91. The second-order valence-electron chi connectivity index (χ2n) is 4.57. The summed E-state index contributed by atoms with van der Waals surface area (Å²) in [6.45, 7) is 1.57. The Balaban J connectivity index is 2.49. The SMILES string of the molecule is C#CCOS(=O)(=O)CCCCS(=O)(=O)c1ccc(C)cc1. The molecule has 0 heterocycles. The van der Waals surface area contributed by atoms with Crippen LogP contribution in [-0.2, 0) is 24.1 Å². The van der Waals surface area contributed by atoms with E-state index in [2.05, 4.69) is 10.1 Å². The first-order chi connectivity index (χ1) is 9.77. The molecular weight excluding hydrogens is 312 g/mol. The van der Waals surface area contributed by atoms with Gasteiger partial charge in [-0.2, -0.15) is 8.42 Å². The van der Waals surface area contributed by atoms with Gasteiger partial charge in [0.2, 0.25) is 0 Å². The normalized spacial score (nSPS) is 12.0. The maximum Gasteiger partial charge on any atom is 0.268 e. The molecule has 116 valence electrons. The van der Waals surface area contributed by atoms with E-state index in [9.17, 15) is 16.8 Å². The van der Waals surface area contributed by atoms with Crippen molar-refractivity contribution in [2.45, 2.75) is 24.7 Å². The molecule has 0 saturated carbocycles. The number of benzene rings is 1. The summed E-state index contributed by atoms with van der Waals surface area (Å²) < 4.78 is 51.3. The molecule has 0 saturated heterocycles. The van der Waals surface area contributed by atoms with Crippen molar-refractivity contribution in [1.29, 1.82) is 0 Å². The van der Waals surface area contributed by atoms with Crippen LogP contribution < -0.4 is 0 Å². The highest BCUT2D eigenvalue weighted by Crippen LogP contribution is 2.14. The van der Waals surface area contributed by atoms with Crippen LogP contribution in [0.1, 0.15) is 18.4 Å². The predicted octanol–water partition coefficient (Wildman–Crippen LogP) is 1.53. The molecule has 0 atom stereocenters. The highest BCUT2D eigenvalue weighted by Gasteiger charge is 2.15. The molecule has 0 radical (unpaired) electrons. The summed E-state index contributed by atoms with van der Waals surface area (Å²) in [7, 11) is -7.05. The second kappa shape index (κ2) is 7.59. The van der Waals surface area contributed by atoms with E-state index in [0.717, 1.165) is 5.56 Å². The van der Waals surface area contributed by atoms with E-state index >= 15 is 0 Å². The van der Waals surface area contributed by atoms with Gasteiger partial charge in [-0.1, -0.05) is 23.6 Å². The minimum atomic E-state index is -3.67. The Bertz CT molecular complexity index is 695. The van der Waals surface area contributed by atoms with Crippen LogP contribution in [0.25, 0.3) is 0 Å². The van der Waals surface area contributed by atoms with Crippen LogP contribution in [0.4, 0.5) is 0 Å². The van der Waals surface area contributed by atoms with Crippen LogP contribution in [0, 0.1) is 19.3 Å². The lowest BCUT2D eigenvalue weighted by molar-refractivity contribution is 0.362. The molecular formula is C14H18O5S2. The fourth-order valence-electron chi connectivity index (χ4n) is 1.62. The van der Waals surface area contributed by atoms with Crippen molar-refractivity contribution in [3.8, 4) is 12.3 Å². The minimum Gasteiger partial charge on any atom is -0.257 e. The number of sulfone groups is 1. The molecule has 1 rings (SSSR count). The van der Waals surface area contributed by atoms with Crippen molar-refractivity contribution in [2.75, 3.05) is 18.1 Å². The molecule has 0 aliphatic rings. The molecule has 1 aromatic carbocycles. The highest BCUT2D eigenvalue weighted by atomic mass is 32.2. The van der Waals surface area contributed by atoms with Crippen LogP contribution in [0.5, 0.6) is 0 Å². The van der Waals surface area contributed by atoms with Gasteiger partial charge in [-0.05, 0) is 31.9 Å². The third kappa shape index (κ3) is 6.29. The standard InChI is InChI=1S/C14H18O5S2/c1-3-10-19-21(17,18)12-5-4-11-20(15,16)14-8-6-13(2)7-9-14/h1,6-9H,4-5,10-12H2,2H3. The van der Waals surface area contributed by atoms with Crippen molar-refractivity contribution in [3.05, 3.63) is 29.8 Å². The first-order valence-electron chi connectivity index (χ1n) is 6.37. The van der Waals surface area contributed by atoms with Crippen molar-refractivity contribution >= 4 is 20.0 Å². The Kier molecular flexibility index (Phi) is 6.40. The molecule has 7 heteroatoms. The van der Waals surface area contributed by atoms with E-state index in [0.29, 0.717) is 0 Å². The van der Waals surface area contributed by atoms with Gasteiger partial charge >= 0.3 is 0 Å². The molecule has 0 amide bonds. The summed E-state index contributed by atoms with van der Waals surface area (Å²) in [5.41, 5.74) is 0.978. The quantitative estimate of drug-likeness (QED) is 0.410. The smallest absolute Gasteiger partial charge is 0.257 e. The number of rotatable bonds is 8. The van der Waals surface area contributed by atoms with Gasteiger partial charge in [0.15, 0.2) is 9.84 Å². The number of hydrogen-bond donors (Lipinski definition) is 0. The number of terminal acetylenes is 1. The van der Waals surface area contributed by atoms with Crippen molar-refractivity contribution < 1.29 is 21.0 Å². The summed E-state index contributed by atoms with van der Waals surface area (Å²) in [6.07, 6.45) is 5.36. The molecule has 0 bridgehead atoms. The number of unbranched alkanes of at least 4 members (excludes halogenated alkanes) is 1. The zero-order valence-corrected chi connectivity index (χ0v) is 13.4. The zero-order chi connectivity index (χ0) is 15.9. The van der Waals surface area contributed by atoms with E-state index in [1.807, 2.05) is 6.92 Å². The van der Waals surface area contributed by atoms with Crippen molar-refractivity contribution in [1.82, 2.24) is 0 Å². The summed E-state index contributed by atoms with van der Waals surface area (Å²) in [5.74, 6) is 1.73. The topological polar surface area (TPSA) is 77.5 Å². The molecule has 0 spiro atoms. The van der Waals surface area contributed by atoms with Crippen LogP contribution in [-0.4, -0.2) is 34.9 Å². The predicted molar refractivity (Wildman–Crippen MR) is 81.0 cm³/mol. The lowest BCUT2D eigenvalue weighted by Gasteiger charge is -2.05. The molecule has 0 N–H and O–H groups in total. The number of hydrogen-bond acceptors (Lipinski definition) is 5. The monoisotopic (exact) mass is 330 g/mol. The second-order valence-corrected chi connectivity index (χ2v) is 8.44. The van der Waals surface area contributed by atoms with Crippen LogP contribution in [0.15, 0.2) is 29.2 Å². The molecule has 0 aromatic heterocycles. The minimum absolute atomic E-state index is 0.0965. The summed E-state index contributed by atoms with van der Waals surface area (Å²) in [5, 5.41) is 0. The maximum atomic E-state index is 12.0. The van der Waals surface area contributed by atoms with Gasteiger partial charge in [0.1, 0.15) is 6.61 Å². The van der Waals surface area contributed by atoms with Crippen LogP contribution >= 0.6 is 0 Å². The average Bonchev–Trinajstić information content (AvgIpc) is 2.42. The first kappa shape index (κ1) is 17.7. The van der Waals surface area contributed by atoms with E-state index in [4.69, 9.17) is 6.42 Å². The third-order valence-electron chi connectivity index (χ3n) is 2.76. The summed E-state index contributed by atoms with van der Waals surface area (Å²) in [6, 6.07) is 6.56. The Morgan fingerprint density at radius 2 is 1.62 bits per heavy atom. The average molecular weight is 330 g/mol. The summed E-state index contributed by atoms with van der Waals surface area (Å²) in [4.78, 5) is 0.250. The molecule has 21 heavy (non-hydrogen) atoms. The molecule has 0 aliphatic carbocycles. The van der Waals surface area contributed by atoms with E-state index in [1.165, 1.54) is 0 Å². The fraction of sp³-hybridized carbons (Fsp3) is 0.429. The van der Waals surface area contributed by atoms with Gasteiger partial charge in [0, 0.05) is 0 Å². The van der Waals surface area contributed by atoms with Gasteiger partial charge in [-0.3, -0.25) is 4.18 Å². The van der Waals surface area contributed by atoms with Gasteiger partial charge in [0.25, 0.3) is 10.1 Å². The highest BCUT2D eigenvalue weighted by molar-refractivity contribution is 7.91. The maximum absolute atomic E-state index is 12.0. The van der Waals surface area contributed by atoms with Crippen LogP contribution in [0.3, 0.4) is 0 Å². The third-order valence-corrected chi connectivity index (χ3v) is 5.84. The number of aryl methyl sites for hydroxylation is 1. The molecule has 0 aliphatic heterocycles. The van der Waals surface area contributed by atoms with Gasteiger partial charge in [-0.25, -0.2) is 8.42 Å². The van der Waals surface area contributed by atoms with E-state index in [-0.39, 0.29) is 35.8 Å².